The smallest absolute Gasteiger partial charge is 0.175 e. The van der Waals surface area contributed by atoms with E-state index in [9.17, 15) is 0 Å². The first-order valence-corrected chi connectivity index (χ1v) is 6.32. The van der Waals surface area contributed by atoms with Gasteiger partial charge in [0.15, 0.2) is 11.6 Å². The van der Waals surface area contributed by atoms with E-state index in [-0.39, 0.29) is 5.41 Å². The van der Waals surface area contributed by atoms with Crippen LogP contribution >= 0.6 is 11.6 Å². The number of nitrogen functional groups attached to an aromatic ring is 1. The van der Waals surface area contributed by atoms with Gasteiger partial charge in [-0.15, -0.1) is 0 Å². The lowest BCUT2D eigenvalue weighted by atomic mass is 9.88. The van der Waals surface area contributed by atoms with Crippen LogP contribution in [0.25, 0.3) is 11.1 Å². The molecular weight excluding hydrogens is 264 g/mol. The van der Waals surface area contributed by atoms with Gasteiger partial charge in [-0.1, -0.05) is 37.5 Å². The second-order valence-electron chi connectivity index (χ2n) is 5.37. The summed E-state index contributed by atoms with van der Waals surface area (Å²) in [6.45, 7) is 6.11. The first kappa shape index (κ1) is 13.7. The Kier molecular flexibility index (Phi) is 3.45. The zero-order chi connectivity index (χ0) is 14.2. The minimum atomic E-state index is -0.215. The summed E-state index contributed by atoms with van der Waals surface area (Å²) >= 11 is 6.06. The monoisotopic (exact) mass is 280 g/mol. The van der Waals surface area contributed by atoms with Gasteiger partial charge in [-0.2, -0.15) is 0 Å². The highest BCUT2D eigenvalue weighted by atomic mass is 35.5. The Labute approximate surface area is 117 Å². The summed E-state index contributed by atoms with van der Waals surface area (Å²) in [4.78, 5) is 0. The minimum absolute atomic E-state index is 0.215. The molecule has 1 heterocycles. The molecule has 0 aliphatic heterocycles. The first-order valence-electron chi connectivity index (χ1n) is 5.94. The number of rotatable bonds is 2. The van der Waals surface area contributed by atoms with Gasteiger partial charge >= 0.3 is 0 Å². The number of hydrogen-bond donors (Lipinski definition) is 1. The van der Waals surface area contributed by atoms with Crippen molar-refractivity contribution >= 4 is 17.4 Å². The highest BCUT2D eigenvalue weighted by Gasteiger charge is 2.28. The van der Waals surface area contributed by atoms with Gasteiger partial charge in [0.1, 0.15) is 5.75 Å². The molecule has 2 N–H and O–H groups in total. The molecule has 0 amide bonds. The molecule has 0 aliphatic rings. The van der Waals surface area contributed by atoms with Crippen LogP contribution in [0.3, 0.4) is 0 Å². The van der Waals surface area contributed by atoms with Crippen molar-refractivity contribution < 1.29 is 9.26 Å². The summed E-state index contributed by atoms with van der Waals surface area (Å²) in [6, 6.07) is 5.37. The fraction of sp³-hybridized carbons (Fsp3) is 0.357. The number of nitrogens with zero attached hydrogens (tertiary/aromatic N) is 1. The lowest BCUT2D eigenvalue weighted by Gasteiger charge is -2.17. The van der Waals surface area contributed by atoms with E-state index in [1.54, 1.807) is 25.3 Å². The molecule has 0 spiro atoms. The molecule has 0 saturated heterocycles. The van der Waals surface area contributed by atoms with Crippen LogP contribution < -0.4 is 10.5 Å². The summed E-state index contributed by atoms with van der Waals surface area (Å²) in [5.74, 6) is 1.74. The fourth-order valence-corrected chi connectivity index (χ4v) is 2.12. The van der Waals surface area contributed by atoms with E-state index in [1.807, 2.05) is 20.8 Å². The summed E-state index contributed by atoms with van der Waals surface area (Å²) in [5, 5.41) is 4.48. The second kappa shape index (κ2) is 4.78. The molecule has 0 fully saturated rings. The molecule has 2 rings (SSSR count). The van der Waals surface area contributed by atoms with E-state index in [2.05, 4.69) is 5.16 Å². The zero-order valence-corrected chi connectivity index (χ0v) is 12.2. The van der Waals surface area contributed by atoms with Crippen LogP contribution in [0.2, 0.25) is 5.02 Å². The van der Waals surface area contributed by atoms with Crippen molar-refractivity contribution in [2.24, 2.45) is 0 Å². The number of ether oxygens (including phenoxy) is 1. The third-order valence-electron chi connectivity index (χ3n) is 2.83. The third-order valence-corrected chi connectivity index (χ3v) is 3.07. The van der Waals surface area contributed by atoms with Crippen molar-refractivity contribution in [2.75, 3.05) is 12.8 Å². The molecule has 1 aromatic heterocycles. The van der Waals surface area contributed by atoms with Crippen molar-refractivity contribution in [2.45, 2.75) is 26.2 Å². The first-order chi connectivity index (χ1) is 8.84. The maximum atomic E-state index is 6.06. The molecule has 4 nitrogen and oxygen atoms in total. The van der Waals surface area contributed by atoms with Gasteiger partial charge in [-0.25, -0.2) is 0 Å². The van der Waals surface area contributed by atoms with Crippen molar-refractivity contribution in [3.05, 3.63) is 29.0 Å². The van der Waals surface area contributed by atoms with E-state index >= 15 is 0 Å². The number of methoxy groups -OCH3 is 1. The Bertz CT molecular complexity index is 600. The van der Waals surface area contributed by atoms with Gasteiger partial charge in [0.2, 0.25) is 0 Å². The number of aromatic nitrogens is 1. The summed E-state index contributed by atoms with van der Waals surface area (Å²) < 4.78 is 10.7. The topological polar surface area (TPSA) is 61.3 Å². The Balaban J connectivity index is 2.72. The van der Waals surface area contributed by atoms with Crippen LogP contribution in [0.5, 0.6) is 5.75 Å². The number of benzene rings is 1. The Morgan fingerprint density at radius 1 is 1.32 bits per heavy atom. The second-order valence-corrected chi connectivity index (χ2v) is 5.80. The molecule has 0 aliphatic carbocycles. The molecule has 1 aromatic carbocycles. The lowest BCUT2D eigenvalue weighted by Crippen LogP contribution is -2.11. The zero-order valence-electron chi connectivity index (χ0n) is 11.5. The van der Waals surface area contributed by atoms with Crippen LogP contribution in [0, 0.1) is 0 Å². The van der Waals surface area contributed by atoms with E-state index in [4.69, 9.17) is 26.6 Å². The molecule has 5 heteroatoms. The van der Waals surface area contributed by atoms with E-state index in [1.165, 1.54) is 0 Å². The molecule has 19 heavy (non-hydrogen) atoms. The quantitative estimate of drug-likeness (QED) is 0.907. The number of nitrogens with two attached hydrogens (primary N) is 1. The van der Waals surface area contributed by atoms with Crippen molar-refractivity contribution in [1.82, 2.24) is 5.16 Å². The molecule has 102 valence electrons. The van der Waals surface area contributed by atoms with Crippen LogP contribution in [-0.4, -0.2) is 12.3 Å². The maximum absolute atomic E-state index is 6.06. The van der Waals surface area contributed by atoms with E-state index in [0.29, 0.717) is 22.4 Å². The Hall–Kier alpha value is -1.68. The Morgan fingerprint density at radius 3 is 2.58 bits per heavy atom. The molecule has 0 radical (unpaired) electrons. The molecular formula is C14H17ClN2O2. The van der Waals surface area contributed by atoms with Crippen LogP contribution in [0.1, 0.15) is 26.5 Å². The van der Waals surface area contributed by atoms with Gasteiger partial charge in [0.05, 0.1) is 12.7 Å². The number of halogens is 1. The predicted octanol–water partition coefficient (Wildman–Crippen LogP) is 3.88. The molecule has 0 unspecified atom stereocenters. The number of anilines is 1. The highest BCUT2D eigenvalue weighted by molar-refractivity contribution is 6.31. The van der Waals surface area contributed by atoms with Crippen molar-refractivity contribution in [1.29, 1.82) is 0 Å². The van der Waals surface area contributed by atoms with Gasteiger partial charge in [0.25, 0.3) is 0 Å². The molecule has 0 bridgehead atoms. The van der Waals surface area contributed by atoms with E-state index < -0.39 is 0 Å². The predicted molar refractivity (Wildman–Crippen MR) is 76.6 cm³/mol. The van der Waals surface area contributed by atoms with Gasteiger partial charge < -0.3 is 15.0 Å². The summed E-state index contributed by atoms with van der Waals surface area (Å²) in [7, 11) is 1.60. The van der Waals surface area contributed by atoms with E-state index in [0.717, 1.165) is 11.1 Å². The highest BCUT2D eigenvalue weighted by Crippen LogP contribution is 2.41. The summed E-state index contributed by atoms with van der Waals surface area (Å²) in [5.41, 5.74) is 7.26. The Morgan fingerprint density at radius 2 is 2.00 bits per heavy atom. The normalized spacial score (nSPS) is 11.6. The lowest BCUT2D eigenvalue weighted by molar-refractivity contribution is 0.332. The minimum Gasteiger partial charge on any atom is -0.496 e. The average Bonchev–Trinajstić information content (AvgIpc) is 2.70. The van der Waals surface area contributed by atoms with Crippen LogP contribution in [0.4, 0.5) is 5.82 Å². The standard InChI is InChI=1S/C14H17ClN2O2/c1-14(2,3)12-11(13(16)17-19-12)9-7-8(15)5-6-10(9)18-4/h5-7H,1-4H3,(H2,16,17). The van der Waals surface area contributed by atoms with Gasteiger partial charge in [-0.05, 0) is 18.2 Å². The molecule has 0 saturated carbocycles. The SMILES string of the molecule is COc1ccc(Cl)cc1-c1c(N)noc1C(C)(C)C. The van der Waals surface area contributed by atoms with Crippen LogP contribution in [-0.2, 0) is 5.41 Å². The van der Waals surface area contributed by atoms with Gasteiger partial charge in [0, 0.05) is 16.0 Å². The third kappa shape index (κ3) is 2.54. The average molecular weight is 281 g/mol. The van der Waals surface area contributed by atoms with Gasteiger partial charge in [-0.3, -0.25) is 0 Å². The van der Waals surface area contributed by atoms with Crippen molar-refractivity contribution in [3.63, 3.8) is 0 Å². The summed E-state index contributed by atoms with van der Waals surface area (Å²) in [6.07, 6.45) is 0. The fourth-order valence-electron chi connectivity index (χ4n) is 1.95. The van der Waals surface area contributed by atoms with Crippen molar-refractivity contribution in [3.8, 4) is 16.9 Å². The number of hydrogen-bond acceptors (Lipinski definition) is 4. The van der Waals surface area contributed by atoms with Crippen LogP contribution in [0.15, 0.2) is 22.7 Å². The molecule has 0 atom stereocenters. The largest absolute Gasteiger partial charge is 0.496 e. The molecule has 2 aromatic rings. The maximum Gasteiger partial charge on any atom is 0.175 e.